The maximum absolute atomic E-state index is 12.5. The van der Waals surface area contributed by atoms with Gasteiger partial charge in [-0.1, -0.05) is 5.16 Å². The second kappa shape index (κ2) is 11.2. The van der Waals surface area contributed by atoms with E-state index in [2.05, 4.69) is 20.4 Å². The Morgan fingerprint density at radius 2 is 2.07 bits per heavy atom. The number of hydrogen-bond donors (Lipinski definition) is 1. The molecular formula is C16H29N5O5S. The Morgan fingerprint density at radius 3 is 2.70 bits per heavy atom. The molecule has 2 heterocycles. The van der Waals surface area contributed by atoms with Crippen LogP contribution in [0.1, 0.15) is 12.6 Å². The summed E-state index contributed by atoms with van der Waals surface area (Å²) in [6, 6.07) is 1.57. The van der Waals surface area contributed by atoms with Crippen molar-refractivity contribution in [3.63, 3.8) is 0 Å². The highest BCUT2D eigenvalue weighted by Crippen LogP contribution is 2.12. The molecule has 1 aliphatic heterocycles. The molecule has 2 rings (SSSR count). The summed E-state index contributed by atoms with van der Waals surface area (Å²) in [7, 11) is -1.77. The Morgan fingerprint density at radius 1 is 1.30 bits per heavy atom. The summed E-state index contributed by atoms with van der Waals surface area (Å²) in [5.74, 6) is 0.637. The number of nitrogens with one attached hydrogen (secondary N) is 1. The quantitative estimate of drug-likeness (QED) is 0.324. The molecular weight excluding hydrogens is 374 g/mol. The Balaban J connectivity index is 1.83. The molecule has 1 aromatic heterocycles. The average Bonchev–Trinajstić information content (AvgIpc) is 3.16. The van der Waals surface area contributed by atoms with Crippen molar-refractivity contribution in [2.24, 2.45) is 4.99 Å². The van der Waals surface area contributed by atoms with Gasteiger partial charge in [0.25, 0.3) is 0 Å². The SMILES string of the molecule is CCNC(=NCCOCCOC)N1CCN(S(=O)(=O)Cc2ccon2)CC1. The molecule has 154 valence electrons. The van der Waals surface area contributed by atoms with Gasteiger partial charge in [-0.25, -0.2) is 8.42 Å². The highest BCUT2D eigenvalue weighted by molar-refractivity contribution is 7.88. The van der Waals surface area contributed by atoms with Crippen molar-refractivity contribution in [2.75, 3.05) is 66.2 Å². The third-order valence-corrected chi connectivity index (χ3v) is 5.83. The maximum Gasteiger partial charge on any atom is 0.220 e. The van der Waals surface area contributed by atoms with E-state index >= 15 is 0 Å². The van der Waals surface area contributed by atoms with Crippen molar-refractivity contribution in [1.29, 1.82) is 0 Å². The van der Waals surface area contributed by atoms with Crippen LogP contribution in [0.15, 0.2) is 21.8 Å². The molecule has 10 nitrogen and oxygen atoms in total. The summed E-state index contributed by atoms with van der Waals surface area (Å²) in [6.07, 6.45) is 1.38. The number of methoxy groups -OCH3 is 1. The van der Waals surface area contributed by atoms with Gasteiger partial charge in [-0.05, 0) is 6.92 Å². The van der Waals surface area contributed by atoms with Crippen LogP contribution in [-0.2, 0) is 25.2 Å². The number of ether oxygens (including phenoxy) is 2. The zero-order valence-electron chi connectivity index (χ0n) is 16.0. The highest BCUT2D eigenvalue weighted by atomic mass is 32.2. The summed E-state index contributed by atoms with van der Waals surface area (Å²) >= 11 is 0. The topological polar surface area (TPSA) is 110 Å². The van der Waals surface area contributed by atoms with E-state index in [1.807, 2.05) is 6.92 Å². The van der Waals surface area contributed by atoms with E-state index in [-0.39, 0.29) is 5.75 Å². The van der Waals surface area contributed by atoms with E-state index < -0.39 is 10.0 Å². The van der Waals surface area contributed by atoms with Crippen molar-refractivity contribution in [3.8, 4) is 0 Å². The van der Waals surface area contributed by atoms with Gasteiger partial charge in [0.2, 0.25) is 10.0 Å². The van der Waals surface area contributed by atoms with Crippen LogP contribution in [-0.4, -0.2) is 94.9 Å². The zero-order chi connectivity index (χ0) is 19.5. The predicted molar refractivity (Wildman–Crippen MR) is 101 cm³/mol. The summed E-state index contributed by atoms with van der Waals surface area (Å²) in [5, 5.41) is 6.93. The molecule has 27 heavy (non-hydrogen) atoms. The Kier molecular flexibility index (Phi) is 8.98. The maximum atomic E-state index is 12.5. The minimum atomic E-state index is -3.41. The van der Waals surface area contributed by atoms with Gasteiger partial charge in [0.05, 0.1) is 32.1 Å². The summed E-state index contributed by atoms with van der Waals surface area (Å²) in [6.45, 7) is 6.89. The van der Waals surface area contributed by atoms with Gasteiger partial charge in [0.15, 0.2) is 5.96 Å². The third-order valence-electron chi connectivity index (χ3n) is 4.02. The first-order valence-electron chi connectivity index (χ1n) is 9.04. The fraction of sp³-hybridized carbons (Fsp3) is 0.750. The highest BCUT2D eigenvalue weighted by Gasteiger charge is 2.28. The molecule has 1 aromatic rings. The lowest BCUT2D eigenvalue weighted by Gasteiger charge is -2.35. The molecule has 0 saturated carbocycles. The molecule has 0 unspecified atom stereocenters. The van der Waals surface area contributed by atoms with Crippen LogP contribution >= 0.6 is 0 Å². The van der Waals surface area contributed by atoms with E-state index in [0.717, 1.165) is 12.5 Å². The molecule has 1 N–H and O–H groups in total. The number of rotatable bonds is 10. The van der Waals surface area contributed by atoms with E-state index in [0.29, 0.717) is 58.2 Å². The van der Waals surface area contributed by atoms with Crippen molar-refractivity contribution < 1.29 is 22.4 Å². The second-order valence-corrected chi connectivity index (χ2v) is 7.94. The number of nitrogens with zero attached hydrogens (tertiary/aromatic N) is 4. The van der Waals surface area contributed by atoms with E-state index in [1.54, 1.807) is 13.2 Å². The number of aromatic nitrogens is 1. The molecule has 11 heteroatoms. The average molecular weight is 404 g/mol. The van der Waals surface area contributed by atoms with E-state index in [4.69, 9.17) is 14.0 Å². The van der Waals surface area contributed by atoms with Crippen LogP contribution in [0.2, 0.25) is 0 Å². The fourth-order valence-electron chi connectivity index (χ4n) is 2.65. The molecule has 0 spiro atoms. The van der Waals surface area contributed by atoms with Gasteiger partial charge in [-0.3, -0.25) is 4.99 Å². The van der Waals surface area contributed by atoms with Crippen molar-refractivity contribution >= 4 is 16.0 Å². The van der Waals surface area contributed by atoms with Crippen LogP contribution in [0.3, 0.4) is 0 Å². The lowest BCUT2D eigenvalue weighted by Crippen LogP contribution is -2.54. The standard InChI is InChI=1S/C16H29N5O5S/c1-3-17-16(18-5-11-25-13-12-24-2)20-6-8-21(9-7-20)27(22,23)14-15-4-10-26-19-15/h4,10H,3,5-9,11-14H2,1-2H3,(H,17,18). The van der Waals surface area contributed by atoms with Crippen LogP contribution in [0.5, 0.6) is 0 Å². The predicted octanol–water partition coefficient (Wildman–Crippen LogP) is -0.249. The molecule has 1 saturated heterocycles. The number of piperazine rings is 1. The summed E-state index contributed by atoms with van der Waals surface area (Å²) < 4.78 is 41.6. The van der Waals surface area contributed by atoms with Crippen molar-refractivity contribution in [2.45, 2.75) is 12.7 Å². The molecule has 0 aliphatic carbocycles. The molecule has 1 aliphatic rings. The van der Waals surface area contributed by atoms with E-state index in [9.17, 15) is 8.42 Å². The van der Waals surface area contributed by atoms with Gasteiger partial charge in [-0.2, -0.15) is 4.31 Å². The lowest BCUT2D eigenvalue weighted by atomic mass is 10.4. The Labute approximate surface area is 160 Å². The molecule has 1 fully saturated rings. The molecule has 0 bridgehead atoms. The van der Waals surface area contributed by atoms with Crippen LogP contribution in [0.25, 0.3) is 0 Å². The van der Waals surface area contributed by atoms with Gasteiger partial charge in [0.1, 0.15) is 12.0 Å². The molecule has 0 amide bonds. The van der Waals surface area contributed by atoms with Crippen LogP contribution in [0.4, 0.5) is 0 Å². The number of aliphatic imine (C=N–C) groups is 1. The minimum absolute atomic E-state index is 0.142. The summed E-state index contributed by atoms with van der Waals surface area (Å²) in [5.41, 5.74) is 0.417. The first-order chi connectivity index (χ1) is 13.1. The number of sulfonamides is 1. The third kappa shape index (κ3) is 7.09. The molecule has 0 atom stereocenters. The Hall–Kier alpha value is -1.69. The minimum Gasteiger partial charge on any atom is -0.382 e. The number of hydrogen-bond acceptors (Lipinski definition) is 7. The number of guanidine groups is 1. The smallest absolute Gasteiger partial charge is 0.220 e. The second-order valence-electron chi connectivity index (χ2n) is 5.97. The lowest BCUT2D eigenvalue weighted by molar-refractivity contribution is 0.0747. The largest absolute Gasteiger partial charge is 0.382 e. The van der Waals surface area contributed by atoms with Crippen molar-refractivity contribution in [1.82, 2.24) is 19.7 Å². The molecule has 0 aromatic carbocycles. The Bertz CT molecular complexity index is 657. The molecule has 0 radical (unpaired) electrons. The normalized spacial score (nSPS) is 16.7. The van der Waals surface area contributed by atoms with Crippen LogP contribution < -0.4 is 5.32 Å². The van der Waals surface area contributed by atoms with Gasteiger partial charge in [-0.15, -0.1) is 0 Å². The van der Waals surface area contributed by atoms with Gasteiger partial charge < -0.3 is 24.2 Å². The first-order valence-corrected chi connectivity index (χ1v) is 10.6. The monoisotopic (exact) mass is 403 g/mol. The van der Waals surface area contributed by atoms with Crippen LogP contribution in [0, 0.1) is 0 Å². The van der Waals surface area contributed by atoms with Gasteiger partial charge in [0, 0.05) is 45.9 Å². The zero-order valence-corrected chi connectivity index (χ0v) is 16.8. The van der Waals surface area contributed by atoms with Crippen molar-refractivity contribution in [3.05, 3.63) is 18.0 Å². The van der Waals surface area contributed by atoms with Gasteiger partial charge >= 0.3 is 0 Å². The fourth-order valence-corrected chi connectivity index (χ4v) is 4.08. The van der Waals surface area contributed by atoms with E-state index in [1.165, 1.54) is 10.6 Å². The summed E-state index contributed by atoms with van der Waals surface area (Å²) in [4.78, 5) is 6.63. The first kappa shape index (κ1) is 21.6.